The van der Waals surface area contributed by atoms with Crippen LogP contribution in [0.25, 0.3) is 22.3 Å². The standard InChI is InChI=1S/C22H24O5.C18H18O3.C11H14O5S/c1-4-27-22(25)20(15(2)21(24)26-3)19(23)14-16-10-12-18(13-11-16)17-8-6-5-7-9-17;1-2-21-18(20)13-17(19)12-14-8-10-16(11-9-14)15-6-4-3-5-7-15;1-8-4-6-10(7-5-8)17(13,14)16-9(2)11(12)15-3/h5-13,15,20H,4,14H2,1-3H3;3-11H,2,12-13H2,1H3;4-7,9H,1-3H3/t15-,20?;;9-/m1.1/s1. The molecule has 0 aromatic heterocycles. The Balaban J connectivity index is 0.000000266. The molecule has 0 fully saturated rings. The Hall–Kier alpha value is -6.77. The van der Waals surface area contributed by atoms with Crippen molar-refractivity contribution in [3.63, 3.8) is 0 Å². The largest absolute Gasteiger partial charge is 0.469 e. The van der Waals surface area contributed by atoms with E-state index in [9.17, 15) is 37.2 Å². The maximum Gasteiger partial charge on any atom is 0.336 e. The number of esters is 4. The van der Waals surface area contributed by atoms with Gasteiger partial charge in [0.1, 0.15) is 18.1 Å². The van der Waals surface area contributed by atoms with E-state index in [1.807, 2.05) is 116 Å². The number of rotatable bonds is 18. The van der Waals surface area contributed by atoms with Gasteiger partial charge in [-0.15, -0.1) is 0 Å². The third-order valence-electron chi connectivity index (χ3n) is 9.62. The van der Waals surface area contributed by atoms with E-state index in [-0.39, 0.29) is 42.3 Å². The lowest BCUT2D eigenvalue weighted by Gasteiger charge is -2.19. The van der Waals surface area contributed by atoms with Gasteiger partial charge in [0.05, 0.1) is 38.2 Å². The molecule has 5 aromatic rings. The van der Waals surface area contributed by atoms with Crippen LogP contribution in [-0.4, -0.2) is 77.4 Å². The molecule has 3 atom stereocenters. The first-order chi connectivity index (χ1) is 31.0. The molecule has 0 bridgehead atoms. The number of methoxy groups -OCH3 is 2. The number of hydrogen-bond acceptors (Lipinski definition) is 13. The second-order valence-electron chi connectivity index (χ2n) is 14.5. The van der Waals surface area contributed by atoms with Crippen LogP contribution < -0.4 is 0 Å². The number of benzene rings is 5. The highest BCUT2D eigenvalue weighted by Crippen LogP contribution is 2.23. The van der Waals surface area contributed by atoms with Crippen molar-refractivity contribution < 1.29 is 60.3 Å². The minimum absolute atomic E-state index is 0.0128. The van der Waals surface area contributed by atoms with Crippen LogP contribution in [-0.2, 0) is 74.9 Å². The van der Waals surface area contributed by atoms with Crippen molar-refractivity contribution in [3.8, 4) is 22.3 Å². The van der Waals surface area contributed by atoms with Crippen molar-refractivity contribution >= 4 is 45.6 Å². The third kappa shape index (κ3) is 17.4. The maximum atomic E-state index is 12.7. The molecule has 0 N–H and O–H groups in total. The molecule has 344 valence electrons. The Bertz CT molecular complexity index is 2410. The Kier molecular flexibility index (Phi) is 21.6. The molecule has 0 saturated heterocycles. The number of carbonyl (C=O) groups excluding carboxylic acids is 6. The fourth-order valence-electron chi connectivity index (χ4n) is 6.19. The fourth-order valence-corrected chi connectivity index (χ4v) is 7.23. The van der Waals surface area contributed by atoms with Crippen LogP contribution in [0.4, 0.5) is 0 Å². The minimum Gasteiger partial charge on any atom is -0.469 e. The van der Waals surface area contributed by atoms with Crippen molar-refractivity contribution in [2.75, 3.05) is 27.4 Å². The van der Waals surface area contributed by atoms with Gasteiger partial charge in [0.2, 0.25) is 0 Å². The molecular formula is C51H56O13S. The smallest absolute Gasteiger partial charge is 0.336 e. The molecular weight excluding hydrogens is 853 g/mol. The number of carbonyl (C=O) groups is 6. The number of ketones is 2. The van der Waals surface area contributed by atoms with Crippen molar-refractivity contribution in [2.45, 2.75) is 64.9 Å². The van der Waals surface area contributed by atoms with E-state index in [1.165, 1.54) is 40.2 Å². The van der Waals surface area contributed by atoms with Crippen LogP contribution in [0.2, 0.25) is 0 Å². The Labute approximate surface area is 381 Å². The van der Waals surface area contributed by atoms with Crippen molar-refractivity contribution in [1.29, 1.82) is 0 Å². The molecule has 0 amide bonds. The Morgan fingerprint density at radius 3 is 1.43 bits per heavy atom. The molecule has 1 unspecified atom stereocenters. The lowest BCUT2D eigenvalue weighted by Crippen LogP contribution is -2.37. The molecule has 0 saturated carbocycles. The first kappa shape index (κ1) is 52.6. The summed E-state index contributed by atoms with van der Waals surface area (Å²) in [5.41, 5.74) is 6.98. The summed E-state index contributed by atoms with van der Waals surface area (Å²) in [6.07, 6.45) is -1.02. The first-order valence-electron chi connectivity index (χ1n) is 20.8. The van der Waals surface area contributed by atoms with Gasteiger partial charge in [-0.2, -0.15) is 8.42 Å². The summed E-state index contributed by atoms with van der Waals surface area (Å²) in [6, 6.07) is 41.5. The molecule has 5 aromatic carbocycles. The summed E-state index contributed by atoms with van der Waals surface area (Å²) in [5.74, 6) is -5.05. The van der Waals surface area contributed by atoms with Crippen LogP contribution in [0.1, 0.15) is 50.8 Å². The highest BCUT2D eigenvalue weighted by atomic mass is 32.2. The van der Waals surface area contributed by atoms with E-state index in [1.54, 1.807) is 26.0 Å². The zero-order valence-corrected chi connectivity index (χ0v) is 38.5. The van der Waals surface area contributed by atoms with Crippen molar-refractivity contribution in [1.82, 2.24) is 0 Å². The maximum absolute atomic E-state index is 12.7. The van der Waals surface area contributed by atoms with Crippen LogP contribution >= 0.6 is 0 Å². The molecule has 13 nitrogen and oxygen atoms in total. The predicted molar refractivity (Wildman–Crippen MR) is 245 cm³/mol. The van der Waals surface area contributed by atoms with E-state index >= 15 is 0 Å². The van der Waals surface area contributed by atoms with E-state index in [4.69, 9.17) is 13.7 Å². The molecule has 65 heavy (non-hydrogen) atoms. The summed E-state index contributed by atoms with van der Waals surface area (Å²) < 4.78 is 47.0. The molecule has 5 rings (SSSR count). The van der Waals surface area contributed by atoms with Gasteiger partial charge in [-0.1, -0.05) is 134 Å². The average molecular weight is 909 g/mol. The van der Waals surface area contributed by atoms with Gasteiger partial charge >= 0.3 is 23.9 Å². The molecule has 0 heterocycles. The average Bonchev–Trinajstić information content (AvgIpc) is 3.30. The molecule has 14 heteroatoms. The van der Waals surface area contributed by atoms with Gasteiger partial charge in [0.15, 0.2) is 11.9 Å². The minimum atomic E-state index is -3.93. The quantitative estimate of drug-likeness (QED) is 0.0356. The molecule has 0 radical (unpaired) electrons. The van der Waals surface area contributed by atoms with Gasteiger partial charge in [0, 0.05) is 12.8 Å². The molecule has 0 spiro atoms. The molecule has 0 aliphatic heterocycles. The lowest BCUT2D eigenvalue weighted by molar-refractivity contribution is -0.161. The zero-order valence-electron chi connectivity index (χ0n) is 37.7. The molecule has 0 aliphatic carbocycles. The first-order valence-corrected chi connectivity index (χ1v) is 22.2. The van der Waals surface area contributed by atoms with E-state index in [0.717, 1.165) is 38.9 Å². The number of ether oxygens (including phenoxy) is 4. The highest BCUT2D eigenvalue weighted by Gasteiger charge is 2.37. The predicted octanol–water partition coefficient (Wildman–Crippen LogP) is 8.13. The zero-order chi connectivity index (χ0) is 47.9. The second-order valence-corrected chi connectivity index (χ2v) is 16.1. The molecule has 0 aliphatic rings. The van der Waals surface area contributed by atoms with Gasteiger partial charge in [0.25, 0.3) is 10.1 Å². The number of Topliss-reactive ketones (excluding diaryl/α,β-unsaturated/α-hetero) is 2. The van der Waals surface area contributed by atoms with Gasteiger partial charge in [-0.25, -0.2) is 4.79 Å². The number of aryl methyl sites for hydroxylation is 1. The SMILES string of the molecule is CCOC(=O)C(C(=O)Cc1ccc(-c2ccccc2)cc1)[C@@H](C)C(=O)OC.CCOC(=O)CC(=O)Cc1ccc(-c2ccccc2)cc1.COC(=O)[C@@H](C)OS(=O)(=O)c1ccc(C)cc1. The number of hydrogen-bond donors (Lipinski definition) is 0. The second kappa shape index (κ2) is 26.8. The summed E-state index contributed by atoms with van der Waals surface area (Å²) in [5, 5.41) is 0. The summed E-state index contributed by atoms with van der Waals surface area (Å²) >= 11 is 0. The van der Waals surface area contributed by atoms with E-state index in [0.29, 0.717) is 6.61 Å². The fraction of sp³-hybridized carbons (Fsp3) is 0.294. The van der Waals surface area contributed by atoms with Crippen LogP contribution in [0, 0.1) is 18.8 Å². The highest BCUT2D eigenvalue weighted by molar-refractivity contribution is 7.86. The topological polar surface area (TPSA) is 183 Å². The van der Waals surface area contributed by atoms with Crippen LogP contribution in [0.15, 0.2) is 138 Å². The van der Waals surface area contributed by atoms with Crippen molar-refractivity contribution in [3.05, 3.63) is 150 Å². The summed E-state index contributed by atoms with van der Waals surface area (Å²) in [6.45, 7) is 8.49. The van der Waals surface area contributed by atoms with Gasteiger partial charge < -0.3 is 18.9 Å². The lowest BCUT2D eigenvalue weighted by atomic mass is 9.87. The van der Waals surface area contributed by atoms with Crippen LogP contribution in [0.3, 0.4) is 0 Å². The Morgan fingerprint density at radius 1 is 0.538 bits per heavy atom. The van der Waals surface area contributed by atoms with Gasteiger partial charge in [-0.05, 0) is 73.2 Å². The Morgan fingerprint density at radius 2 is 0.985 bits per heavy atom. The van der Waals surface area contributed by atoms with Gasteiger partial charge in [-0.3, -0.25) is 28.2 Å². The summed E-state index contributed by atoms with van der Waals surface area (Å²) in [4.78, 5) is 70.9. The van der Waals surface area contributed by atoms with E-state index < -0.39 is 51.9 Å². The van der Waals surface area contributed by atoms with E-state index in [2.05, 4.69) is 9.47 Å². The normalized spacial score (nSPS) is 12.0. The monoisotopic (exact) mass is 908 g/mol. The summed E-state index contributed by atoms with van der Waals surface area (Å²) in [7, 11) is -1.53. The van der Waals surface area contributed by atoms with Crippen molar-refractivity contribution in [2.24, 2.45) is 11.8 Å². The van der Waals surface area contributed by atoms with Crippen LogP contribution in [0.5, 0.6) is 0 Å². The third-order valence-corrected chi connectivity index (χ3v) is 11.0.